The van der Waals surface area contributed by atoms with Crippen molar-refractivity contribution in [1.82, 2.24) is 15.1 Å². The number of carbonyl (C=O) groups excluding carboxylic acids is 1. The number of hydrogen-bond donors (Lipinski definition) is 1. The minimum atomic E-state index is 0.119. The molecule has 0 aromatic heterocycles. The molecule has 2 heterocycles. The minimum Gasteiger partial charge on any atom is -0.352 e. The van der Waals surface area contributed by atoms with Crippen LogP contribution >= 0.6 is 0 Å². The summed E-state index contributed by atoms with van der Waals surface area (Å²) in [6, 6.07) is 11.9. The molecule has 1 N–H and O–H groups in total. The highest BCUT2D eigenvalue weighted by Gasteiger charge is 2.36. The molecule has 2 aliphatic heterocycles. The van der Waals surface area contributed by atoms with Crippen molar-refractivity contribution in [3.8, 4) is 0 Å². The van der Waals surface area contributed by atoms with Crippen LogP contribution in [0.15, 0.2) is 30.3 Å². The van der Waals surface area contributed by atoms with Gasteiger partial charge in [0, 0.05) is 38.6 Å². The first-order valence-corrected chi connectivity index (χ1v) is 10.4. The third-order valence-corrected chi connectivity index (χ3v) is 6.15. The maximum atomic E-state index is 11.5. The van der Waals surface area contributed by atoms with Crippen LogP contribution in [-0.2, 0) is 11.2 Å². The second kappa shape index (κ2) is 9.52. The van der Waals surface area contributed by atoms with Crippen molar-refractivity contribution in [1.29, 1.82) is 0 Å². The Balaban J connectivity index is 1.44. The molecule has 0 aliphatic carbocycles. The largest absolute Gasteiger partial charge is 0.352 e. The predicted octanol–water partition coefficient (Wildman–Crippen LogP) is 2.93. The summed E-state index contributed by atoms with van der Waals surface area (Å²) in [7, 11) is 0. The van der Waals surface area contributed by atoms with Gasteiger partial charge in [0.2, 0.25) is 5.91 Å². The van der Waals surface area contributed by atoms with E-state index < -0.39 is 0 Å². The number of likely N-dealkylation sites (tertiary alicyclic amines) is 2. The van der Waals surface area contributed by atoms with E-state index in [0.717, 1.165) is 19.5 Å². The molecule has 3 rings (SSSR count). The van der Waals surface area contributed by atoms with Gasteiger partial charge in [0.1, 0.15) is 0 Å². The molecule has 4 nitrogen and oxygen atoms in total. The first-order chi connectivity index (χ1) is 12.7. The van der Waals surface area contributed by atoms with Crippen LogP contribution in [0.25, 0.3) is 0 Å². The SMILES string of the molecule is CCCC1CN(C2CCN(CCc3ccccc3)CC2)CC1NC(C)=O. The van der Waals surface area contributed by atoms with E-state index in [-0.39, 0.29) is 5.91 Å². The van der Waals surface area contributed by atoms with E-state index in [9.17, 15) is 4.79 Å². The zero-order chi connectivity index (χ0) is 18.4. The summed E-state index contributed by atoms with van der Waals surface area (Å²) in [5.41, 5.74) is 1.44. The number of nitrogens with one attached hydrogen (secondary N) is 1. The fourth-order valence-electron chi connectivity index (χ4n) is 4.73. The van der Waals surface area contributed by atoms with Crippen molar-refractivity contribution in [2.24, 2.45) is 5.92 Å². The van der Waals surface area contributed by atoms with Gasteiger partial charge in [-0.05, 0) is 50.3 Å². The Morgan fingerprint density at radius 1 is 1.15 bits per heavy atom. The van der Waals surface area contributed by atoms with Gasteiger partial charge >= 0.3 is 0 Å². The lowest BCUT2D eigenvalue weighted by atomic mass is 9.98. The van der Waals surface area contributed by atoms with Crippen molar-refractivity contribution < 1.29 is 4.79 Å². The van der Waals surface area contributed by atoms with Crippen LogP contribution in [0.4, 0.5) is 0 Å². The van der Waals surface area contributed by atoms with Crippen LogP contribution in [0, 0.1) is 5.92 Å². The maximum absolute atomic E-state index is 11.5. The highest BCUT2D eigenvalue weighted by atomic mass is 16.1. The van der Waals surface area contributed by atoms with Crippen molar-refractivity contribution in [3.63, 3.8) is 0 Å². The average Bonchev–Trinajstić information content (AvgIpc) is 3.03. The standard InChI is InChI=1S/C22H35N3O/c1-3-7-20-16-25(17-22(20)23-18(2)26)21-11-14-24(15-12-21)13-10-19-8-5-4-6-9-19/h4-6,8-9,20-22H,3,7,10-17H2,1-2H3,(H,23,26). The topological polar surface area (TPSA) is 35.6 Å². The van der Waals surface area contributed by atoms with Crippen LogP contribution in [-0.4, -0.2) is 60.5 Å². The van der Waals surface area contributed by atoms with Crippen LogP contribution in [0.1, 0.15) is 45.1 Å². The molecule has 0 radical (unpaired) electrons. The summed E-state index contributed by atoms with van der Waals surface area (Å²) < 4.78 is 0. The summed E-state index contributed by atoms with van der Waals surface area (Å²) in [6.07, 6.45) is 6.10. The van der Waals surface area contributed by atoms with Crippen LogP contribution in [0.5, 0.6) is 0 Å². The zero-order valence-corrected chi connectivity index (χ0v) is 16.5. The van der Waals surface area contributed by atoms with Gasteiger partial charge in [-0.1, -0.05) is 43.7 Å². The van der Waals surface area contributed by atoms with Gasteiger partial charge < -0.3 is 10.2 Å². The van der Waals surface area contributed by atoms with Gasteiger partial charge in [0.25, 0.3) is 0 Å². The van der Waals surface area contributed by atoms with Gasteiger partial charge in [-0.25, -0.2) is 0 Å². The Labute approximate surface area is 158 Å². The lowest BCUT2D eigenvalue weighted by Crippen LogP contribution is -2.45. The third kappa shape index (κ3) is 5.31. The normalized spacial score (nSPS) is 25.5. The first-order valence-electron chi connectivity index (χ1n) is 10.4. The molecule has 26 heavy (non-hydrogen) atoms. The fourth-order valence-corrected chi connectivity index (χ4v) is 4.73. The summed E-state index contributed by atoms with van der Waals surface area (Å²) in [6.45, 7) is 9.68. The van der Waals surface area contributed by atoms with Crippen molar-refractivity contribution in [3.05, 3.63) is 35.9 Å². The maximum Gasteiger partial charge on any atom is 0.217 e. The van der Waals surface area contributed by atoms with E-state index in [1.807, 2.05) is 0 Å². The smallest absolute Gasteiger partial charge is 0.217 e. The molecule has 0 bridgehead atoms. The monoisotopic (exact) mass is 357 g/mol. The van der Waals surface area contributed by atoms with Crippen LogP contribution in [0.2, 0.25) is 0 Å². The Bertz CT molecular complexity index is 554. The molecule has 0 saturated carbocycles. The highest BCUT2D eigenvalue weighted by Crippen LogP contribution is 2.27. The highest BCUT2D eigenvalue weighted by molar-refractivity contribution is 5.73. The molecule has 2 saturated heterocycles. The molecule has 1 aromatic rings. The molecule has 2 aliphatic rings. The summed E-state index contributed by atoms with van der Waals surface area (Å²) in [5.74, 6) is 0.744. The Morgan fingerprint density at radius 3 is 2.54 bits per heavy atom. The summed E-state index contributed by atoms with van der Waals surface area (Å²) in [5, 5.41) is 3.20. The van der Waals surface area contributed by atoms with Gasteiger partial charge in [0.15, 0.2) is 0 Å². The number of benzene rings is 1. The number of amides is 1. The molecule has 1 aromatic carbocycles. The quantitative estimate of drug-likeness (QED) is 0.815. The zero-order valence-electron chi connectivity index (χ0n) is 16.5. The van der Waals surface area contributed by atoms with Gasteiger partial charge in [-0.3, -0.25) is 9.69 Å². The Hall–Kier alpha value is -1.39. The molecule has 4 heteroatoms. The van der Waals surface area contributed by atoms with Crippen molar-refractivity contribution in [2.45, 2.75) is 58.0 Å². The first kappa shape index (κ1) is 19.4. The van der Waals surface area contributed by atoms with E-state index in [0.29, 0.717) is 18.0 Å². The lowest BCUT2D eigenvalue weighted by Gasteiger charge is -2.37. The lowest BCUT2D eigenvalue weighted by molar-refractivity contribution is -0.119. The van der Waals surface area contributed by atoms with E-state index in [2.05, 4.69) is 52.4 Å². The van der Waals surface area contributed by atoms with E-state index in [4.69, 9.17) is 0 Å². The summed E-state index contributed by atoms with van der Waals surface area (Å²) >= 11 is 0. The van der Waals surface area contributed by atoms with Gasteiger partial charge in [-0.15, -0.1) is 0 Å². The Morgan fingerprint density at radius 2 is 1.88 bits per heavy atom. The molecule has 2 fully saturated rings. The third-order valence-electron chi connectivity index (χ3n) is 6.15. The molecular formula is C22H35N3O. The fraction of sp³-hybridized carbons (Fsp3) is 0.682. The van der Waals surface area contributed by atoms with E-state index in [1.165, 1.54) is 50.9 Å². The average molecular weight is 358 g/mol. The molecule has 144 valence electrons. The van der Waals surface area contributed by atoms with Crippen LogP contribution < -0.4 is 5.32 Å². The van der Waals surface area contributed by atoms with Crippen molar-refractivity contribution in [2.75, 3.05) is 32.7 Å². The van der Waals surface area contributed by atoms with E-state index in [1.54, 1.807) is 6.92 Å². The second-order valence-corrected chi connectivity index (χ2v) is 8.12. The molecule has 1 amide bonds. The van der Waals surface area contributed by atoms with E-state index >= 15 is 0 Å². The molecular weight excluding hydrogens is 322 g/mol. The van der Waals surface area contributed by atoms with Crippen LogP contribution in [0.3, 0.4) is 0 Å². The molecule has 2 unspecified atom stereocenters. The number of nitrogens with zero attached hydrogens (tertiary/aromatic N) is 2. The molecule has 2 atom stereocenters. The number of hydrogen-bond acceptors (Lipinski definition) is 3. The van der Waals surface area contributed by atoms with Gasteiger partial charge in [-0.2, -0.15) is 0 Å². The van der Waals surface area contributed by atoms with Crippen molar-refractivity contribution >= 4 is 5.91 Å². The Kier molecular flexibility index (Phi) is 7.09. The number of rotatable bonds is 7. The summed E-state index contributed by atoms with van der Waals surface area (Å²) in [4.78, 5) is 16.8. The number of piperidine rings is 1. The predicted molar refractivity (Wildman–Crippen MR) is 107 cm³/mol. The molecule has 0 spiro atoms. The minimum absolute atomic E-state index is 0.119. The van der Waals surface area contributed by atoms with Gasteiger partial charge in [0.05, 0.1) is 0 Å². The second-order valence-electron chi connectivity index (χ2n) is 8.12. The number of carbonyl (C=O) groups is 1.